The topological polar surface area (TPSA) is 107 Å². The van der Waals surface area contributed by atoms with Crippen molar-refractivity contribution in [2.75, 3.05) is 0 Å². The van der Waals surface area contributed by atoms with Gasteiger partial charge in [0, 0.05) is 23.4 Å². The molecule has 28 heavy (non-hydrogen) atoms. The van der Waals surface area contributed by atoms with Crippen LogP contribution in [0, 0.1) is 24.0 Å². The zero-order chi connectivity index (χ0) is 20.5. The van der Waals surface area contributed by atoms with Crippen LogP contribution in [0.2, 0.25) is 0 Å². The first-order valence-electron chi connectivity index (χ1n) is 8.58. The van der Waals surface area contributed by atoms with Crippen molar-refractivity contribution >= 4 is 15.7 Å². The number of hydrogen-bond acceptors (Lipinski definition) is 5. The van der Waals surface area contributed by atoms with Crippen LogP contribution in [0.3, 0.4) is 0 Å². The Kier molecular flexibility index (Phi) is 5.30. The number of benzene rings is 2. The van der Waals surface area contributed by atoms with Crippen molar-refractivity contribution in [2.45, 2.75) is 31.7 Å². The molecule has 0 spiro atoms. The van der Waals surface area contributed by atoms with Gasteiger partial charge in [-0.1, -0.05) is 29.8 Å². The van der Waals surface area contributed by atoms with Gasteiger partial charge in [0.15, 0.2) is 4.90 Å². The van der Waals surface area contributed by atoms with E-state index in [2.05, 4.69) is 9.82 Å². The maximum atomic E-state index is 12.7. The van der Waals surface area contributed by atoms with Gasteiger partial charge >= 0.3 is 0 Å². The van der Waals surface area contributed by atoms with E-state index in [1.165, 1.54) is 24.3 Å². The Hall–Kier alpha value is -3.04. The van der Waals surface area contributed by atoms with Gasteiger partial charge in [-0.25, -0.2) is 17.8 Å². The van der Waals surface area contributed by atoms with Gasteiger partial charge in [-0.3, -0.25) is 10.1 Å². The normalized spacial score (nSPS) is 12.7. The molecule has 1 unspecified atom stereocenters. The summed E-state index contributed by atoms with van der Waals surface area (Å²) in [4.78, 5) is 10.1. The van der Waals surface area contributed by atoms with Crippen molar-refractivity contribution in [3.05, 3.63) is 81.7 Å². The lowest BCUT2D eigenvalue weighted by atomic mass is 10.1. The summed E-state index contributed by atoms with van der Waals surface area (Å²) >= 11 is 0. The number of nitrogens with one attached hydrogen (secondary N) is 1. The standard InChI is InChI=1S/C19H20N4O4S/c1-13-8-10-16(11-9-13)22-15(3)17(12-20-22)14(2)21-28(26,27)19-7-5-4-6-18(19)23(24)25/h4-12,14,21H,1-3H3. The molecule has 0 saturated carbocycles. The first kappa shape index (κ1) is 19.7. The van der Waals surface area contributed by atoms with E-state index in [9.17, 15) is 18.5 Å². The number of nitro benzene ring substituents is 1. The Morgan fingerprint density at radius 3 is 2.39 bits per heavy atom. The minimum absolute atomic E-state index is 0.365. The molecule has 1 aromatic heterocycles. The van der Waals surface area contributed by atoms with Crippen LogP contribution in [0.15, 0.2) is 59.6 Å². The van der Waals surface area contributed by atoms with E-state index in [4.69, 9.17) is 0 Å². The molecule has 0 radical (unpaired) electrons. The molecule has 0 amide bonds. The fourth-order valence-electron chi connectivity index (χ4n) is 2.99. The lowest BCUT2D eigenvalue weighted by molar-refractivity contribution is -0.387. The summed E-state index contributed by atoms with van der Waals surface area (Å²) in [6, 6.07) is 12.4. The van der Waals surface area contributed by atoms with Gasteiger partial charge in [0.1, 0.15) is 0 Å². The molecule has 0 aliphatic carbocycles. The largest absolute Gasteiger partial charge is 0.289 e. The Morgan fingerprint density at radius 1 is 1.11 bits per heavy atom. The molecule has 146 valence electrons. The highest BCUT2D eigenvalue weighted by Gasteiger charge is 2.28. The zero-order valence-electron chi connectivity index (χ0n) is 15.7. The van der Waals surface area contributed by atoms with E-state index >= 15 is 0 Å². The predicted molar refractivity (Wildman–Crippen MR) is 105 cm³/mol. The number of rotatable bonds is 6. The Labute approximate surface area is 163 Å². The van der Waals surface area contributed by atoms with Crippen LogP contribution in [0.4, 0.5) is 5.69 Å². The maximum absolute atomic E-state index is 12.7. The second kappa shape index (κ2) is 7.53. The highest BCUT2D eigenvalue weighted by molar-refractivity contribution is 7.89. The SMILES string of the molecule is Cc1ccc(-n2ncc(C(C)NS(=O)(=O)c3ccccc3[N+](=O)[O-])c2C)cc1. The summed E-state index contributed by atoms with van der Waals surface area (Å²) in [7, 11) is -4.09. The second-order valence-electron chi connectivity index (χ2n) is 6.50. The van der Waals surface area contributed by atoms with Crippen LogP contribution in [-0.2, 0) is 10.0 Å². The van der Waals surface area contributed by atoms with E-state index in [1.54, 1.807) is 17.8 Å². The molecular weight excluding hydrogens is 380 g/mol. The van der Waals surface area contributed by atoms with Gasteiger partial charge in [-0.2, -0.15) is 5.10 Å². The van der Waals surface area contributed by atoms with Gasteiger partial charge in [0.2, 0.25) is 10.0 Å². The highest BCUT2D eigenvalue weighted by atomic mass is 32.2. The lowest BCUT2D eigenvalue weighted by Crippen LogP contribution is -2.27. The fourth-order valence-corrected chi connectivity index (χ4v) is 4.38. The molecule has 9 heteroatoms. The van der Waals surface area contributed by atoms with Crippen molar-refractivity contribution in [3.8, 4) is 5.69 Å². The maximum Gasteiger partial charge on any atom is 0.289 e. The van der Waals surface area contributed by atoms with Gasteiger partial charge in [0.05, 0.1) is 16.8 Å². The Bertz CT molecular complexity index is 1120. The summed E-state index contributed by atoms with van der Waals surface area (Å²) in [5.74, 6) is 0. The first-order chi connectivity index (χ1) is 13.2. The van der Waals surface area contributed by atoms with Crippen LogP contribution in [0.1, 0.15) is 29.8 Å². The first-order valence-corrected chi connectivity index (χ1v) is 10.1. The van der Waals surface area contributed by atoms with Crippen molar-refractivity contribution < 1.29 is 13.3 Å². The minimum atomic E-state index is -4.09. The van der Waals surface area contributed by atoms with Crippen LogP contribution >= 0.6 is 0 Å². The second-order valence-corrected chi connectivity index (χ2v) is 8.18. The van der Waals surface area contributed by atoms with Crippen LogP contribution in [-0.4, -0.2) is 23.1 Å². The molecule has 1 heterocycles. The molecule has 1 atom stereocenters. The number of aryl methyl sites for hydroxylation is 1. The van der Waals surface area contributed by atoms with Gasteiger partial charge in [0.25, 0.3) is 5.69 Å². The van der Waals surface area contributed by atoms with E-state index in [0.717, 1.165) is 16.9 Å². The van der Waals surface area contributed by atoms with Crippen molar-refractivity contribution in [1.82, 2.24) is 14.5 Å². The number of para-hydroxylation sites is 1. The quantitative estimate of drug-likeness (QED) is 0.504. The average Bonchev–Trinajstić information content (AvgIpc) is 3.03. The predicted octanol–water partition coefficient (Wildman–Crippen LogP) is 3.44. The monoisotopic (exact) mass is 400 g/mol. The molecule has 0 aliphatic rings. The van der Waals surface area contributed by atoms with E-state index in [-0.39, 0.29) is 4.90 Å². The smallest absolute Gasteiger partial charge is 0.258 e. The van der Waals surface area contributed by atoms with Crippen LogP contribution in [0.25, 0.3) is 5.69 Å². The zero-order valence-corrected chi connectivity index (χ0v) is 16.5. The number of aromatic nitrogens is 2. The number of hydrogen-bond donors (Lipinski definition) is 1. The Morgan fingerprint density at radius 2 is 1.75 bits per heavy atom. The lowest BCUT2D eigenvalue weighted by Gasteiger charge is -2.14. The van der Waals surface area contributed by atoms with Gasteiger partial charge in [-0.05, 0) is 39.0 Å². The summed E-state index contributed by atoms with van der Waals surface area (Å²) in [6.07, 6.45) is 1.60. The molecule has 8 nitrogen and oxygen atoms in total. The van der Waals surface area contributed by atoms with E-state index < -0.39 is 26.7 Å². The average molecular weight is 400 g/mol. The number of sulfonamides is 1. The van der Waals surface area contributed by atoms with Crippen molar-refractivity contribution in [2.24, 2.45) is 0 Å². The van der Waals surface area contributed by atoms with Crippen LogP contribution in [0.5, 0.6) is 0 Å². The molecule has 1 N–H and O–H groups in total. The number of nitrogens with zero attached hydrogens (tertiary/aromatic N) is 3. The Balaban J connectivity index is 1.91. The van der Waals surface area contributed by atoms with Crippen LogP contribution < -0.4 is 4.72 Å². The molecule has 0 aliphatic heterocycles. The summed E-state index contributed by atoms with van der Waals surface area (Å²) in [5, 5.41) is 15.5. The van der Waals surface area contributed by atoms with E-state index in [1.807, 2.05) is 38.1 Å². The van der Waals surface area contributed by atoms with Crippen molar-refractivity contribution in [1.29, 1.82) is 0 Å². The molecule has 0 bridgehead atoms. The molecule has 0 saturated heterocycles. The molecule has 3 aromatic rings. The van der Waals surface area contributed by atoms with Crippen molar-refractivity contribution in [3.63, 3.8) is 0 Å². The third-order valence-electron chi connectivity index (χ3n) is 4.48. The summed E-state index contributed by atoms with van der Waals surface area (Å²) < 4.78 is 29.7. The summed E-state index contributed by atoms with van der Waals surface area (Å²) in [5.41, 5.74) is 2.99. The third kappa shape index (κ3) is 3.80. The van der Waals surface area contributed by atoms with E-state index in [0.29, 0.717) is 5.56 Å². The highest BCUT2D eigenvalue weighted by Crippen LogP contribution is 2.26. The van der Waals surface area contributed by atoms with Gasteiger partial charge in [-0.15, -0.1) is 0 Å². The summed E-state index contributed by atoms with van der Waals surface area (Å²) in [6.45, 7) is 5.51. The molecule has 2 aromatic carbocycles. The third-order valence-corrected chi connectivity index (χ3v) is 6.06. The minimum Gasteiger partial charge on any atom is -0.258 e. The number of nitro groups is 1. The molecular formula is C19H20N4O4S. The molecule has 3 rings (SSSR count). The van der Waals surface area contributed by atoms with Gasteiger partial charge < -0.3 is 0 Å². The fraction of sp³-hybridized carbons (Fsp3) is 0.211. The molecule has 0 fully saturated rings.